The van der Waals surface area contributed by atoms with Gasteiger partial charge >= 0.3 is 0 Å². The molecule has 1 amide bonds. The number of rotatable bonds is 7. The molecule has 1 aromatic heterocycles. The standard InChI is InChI=1S/C9H18N6OS/c1-15-8(10)13-14-9(15)17-6-4-2-3-5-7(16)12-11/h2-6,11H2,1H3,(H2,10,13)(H,12,16). The van der Waals surface area contributed by atoms with Crippen LogP contribution in [0.1, 0.15) is 25.7 Å². The summed E-state index contributed by atoms with van der Waals surface area (Å²) in [5, 5.41) is 8.53. The Morgan fingerprint density at radius 3 is 2.76 bits per heavy atom. The molecule has 96 valence electrons. The van der Waals surface area contributed by atoms with E-state index in [4.69, 9.17) is 11.6 Å². The zero-order valence-corrected chi connectivity index (χ0v) is 10.7. The van der Waals surface area contributed by atoms with E-state index in [9.17, 15) is 4.79 Å². The number of hydrazine groups is 1. The number of amides is 1. The Balaban J connectivity index is 2.09. The highest BCUT2D eigenvalue weighted by atomic mass is 32.2. The number of hydrogen-bond donors (Lipinski definition) is 3. The average Bonchev–Trinajstić information content (AvgIpc) is 2.64. The molecular formula is C9H18N6OS. The van der Waals surface area contributed by atoms with Gasteiger partial charge in [-0.3, -0.25) is 14.8 Å². The van der Waals surface area contributed by atoms with Crippen LogP contribution in [0.15, 0.2) is 5.16 Å². The number of aromatic nitrogens is 3. The maximum absolute atomic E-state index is 10.8. The van der Waals surface area contributed by atoms with E-state index in [2.05, 4.69) is 15.6 Å². The summed E-state index contributed by atoms with van der Waals surface area (Å²) in [6, 6.07) is 0. The quantitative estimate of drug-likeness (QED) is 0.209. The van der Waals surface area contributed by atoms with Crippen LogP contribution in [0.2, 0.25) is 0 Å². The Kier molecular flexibility index (Phi) is 5.78. The number of anilines is 1. The van der Waals surface area contributed by atoms with Crippen molar-refractivity contribution in [3.05, 3.63) is 0 Å². The molecule has 0 radical (unpaired) electrons. The minimum atomic E-state index is -0.112. The van der Waals surface area contributed by atoms with E-state index in [1.165, 1.54) is 0 Å². The lowest BCUT2D eigenvalue weighted by Gasteiger charge is -2.01. The molecule has 1 rings (SSSR count). The molecule has 0 aliphatic carbocycles. The van der Waals surface area contributed by atoms with Crippen molar-refractivity contribution in [2.75, 3.05) is 11.5 Å². The molecule has 0 spiro atoms. The number of nitrogens with zero attached hydrogens (tertiary/aromatic N) is 3. The van der Waals surface area contributed by atoms with Gasteiger partial charge in [-0.2, -0.15) is 0 Å². The van der Waals surface area contributed by atoms with E-state index < -0.39 is 0 Å². The fraction of sp³-hybridized carbons (Fsp3) is 0.667. The predicted octanol–water partition coefficient (Wildman–Crippen LogP) is 0.0397. The van der Waals surface area contributed by atoms with Gasteiger partial charge in [-0.25, -0.2) is 5.84 Å². The summed E-state index contributed by atoms with van der Waals surface area (Å²) in [5.41, 5.74) is 7.67. The fourth-order valence-corrected chi connectivity index (χ4v) is 2.17. The number of carbonyl (C=O) groups excluding carboxylic acids is 1. The van der Waals surface area contributed by atoms with Gasteiger partial charge < -0.3 is 5.73 Å². The molecule has 0 fully saturated rings. The van der Waals surface area contributed by atoms with Crippen LogP contribution in [0, 0.1) is 0 Å². The third kappa shape index (κ3) is 4.61. The Bertz CT molecular complexity index is 366. The lowest BCUT2D eigenvalue weighted by molar-refractivity contribution is -0.121. The lowest BCUT2D eigenvalue weighted by atomic mass is 10.2. The first-order valence-corrected chi connectivity index (χ1v) is 6.41. The third-order valence-electron chi connectivity index (χ3n) is 2.31. The highest BCUT2D eigenvalue weighted by molar-refractivity contribution is 7.99. The van der Waals surface area contributed by atoms with Gasteiger partial charge in [-0.15, -0.1) is 10.2 Å². The number of nitrogens with one attached hydrogen (secondary N) is 1. The van der Waals surface area contributed by atoms with Crippen molar-refractivity contribution in [3.63, 3.8) is 0 Å². The van der Waals surface area contributed by atoms with Crippen molar-refractivity contribution in [3.8, 4) is 0 Å². The van der Waals surface area contributed by atoms with Crippen molar-refractivity contribution >= 4 is 23.6 Å². The lowest BCUT2D eigenvalue weighted by Crippen LogP contribution is -2.29. The number of thioether (sulfide) groups is 1. The molecule has 0 saturated carbocycles. The Labute approximate surface area is 104 Å². The maximum atomic E-state index is 10.8. The van der Waals surface area contributed by atoms with Crippen molar-refractivity contribution in [2.45, 2.75) is 30.8 Å². The second-order valence-corrected chi connectivity index (χ2v) is 4.69. The topological polar surface area (TPSA) is 112 Å². The van der Waals surface area contributed by atoms with Crippen LogP contribution in [0.5, 0.6) is 0 Å². The van der Waals surface area contributed by atoms with Gasteiger partial charge in [-0.05, 0) is 12.8 Å². The molecule has 0 unspecified atom stereocenters. The monoisotopic (exact) mass is 258 g/mol. The number of nitrogen functional groups attached to an aromatic ring is 1. The van der Waals surface area contributed by atoms with E-state index in [-0.39, 0.29) is 5.91 Å². The van der Waals surface area contributed by atoms with Gasteiger partial charge in [0.05, 0.1) is 0 Å². The molecular weight excluding hydrogens is 240 g/mol. The zero-order valence-electron chi connectivity index (χ0n) is 9.85. The maximum Gasteiger partial charge on any atom is 0.233 e. The summed E-state index contributed by atoms with van der Waals surface area (Å²) in [6.45, 7) is 0. The molecule has 0 aliphatic rings. The van der Waals surface area contributed by atoms with Crippen molar-refractivity contribution in [2.24, 2.45) is 12.9 Å². The number of unbranched alkanes of at least 4 members (excludes halogenated alkanes) is 2. The molecule has 0 aromatic carbocycles. The molecule has 7 nitrogen and oxygen atoms in total. The second-order valence-electron chi connectivity index (χ2n) is 3.63. The first-order valence-electron chi connectivity index (χ1n) is 5.42. The molecule has 17 heavy (non-hydrogen) atoms. The summed E-state index contributed by atoms with van der Waals surface area (Å²) in [5.74, 6) is 6.23. The van der Waals surface area contributed by atoms with Crippen LogP contribution < -0.4 is 17.0 Å². The van der Waals surface area contributed by atoms with Gasteiger partial charge in [-0.1, -0.05) is 18.2 Å². The Morgan fingerprint density at radius 1 is 1.41 bits per heavy atom. The zero-order chi connectivity index (χ0) is 12.7. The number of nitrogens with two attached hydrogens (primary N) is 2. The van der Waals surface area contributed by atoms with E-state index in [0.29, 0.717) is 12.4 Å². The molecule has 1 aromatic rings. The highest BCUT2D eigenvalue weighted by Gasteiger charge is 2.05. The van der Waals surface area contributed by atoms with E-state index in [1.54, 1.807) is 16.3 Å². The molecule has 0 aliphatic heterocycles. The predicted molar refractivity (Wildman–Crippen MR) is 66.9 cm³/mol. The van der Waals surface area contributed by atoms with Crippen LogP contribution in [0.4, 0.5) is 5.95 Å². The summed E-state index contributed by atoms with van der Waals surface area (Å²) >= 11 is 1.62. The second kappa shape index (κ2) is 7.13. The van der Waals surface area contributed by atoms with Crippen LogP contribution >= 0.6 is 11.8 Å². The SMILES string of the molecule is Cn1c(N)nnc1SCCCCCC(=O)NN. The van der Waals surface area contributed by atoms with E-state index >= 15 is 0 Å². The number of carbonyl (C=O) groups is 1. The van der Waals surface area contributed by atoms with Crippen molar-refractivity contribution in [1.82, 2.24) is 20.2 Å². The summed E-state index contributed by atoms with van der Waals surface area (Å²) < 4.78 is 1.76. The minimum Gasteiger partial charge on any atom is -0.368 e. The van der Waals surface area contributed by atoms with Gasteiger partial charge in [0.2, 0.25) is 11.9 Å². The first kappa shape index (κ1) is 13.8. The van der Waals surface area contributed by atoms with Gasteiger partial charge in [0.25, 0.3) is 0 Å². The number of hydrogen-bond acceptors (Lipinski definition) is 6. The Morgan fingerprint density at radius 2 is 2.18 bits per heavy atom. The van der Waals surface area contributed by atoms with Crippen molar-refractivity contribution in [1.29, 1.82) is 0 Å². The van der Waals surface area contributed by atoms with Crippen LogP contribution in [0.3, 0.4) is 0 Å². The molecule has 0 saturated heterocycles. The van der Waals surface area contributed by atoms with Gasteiger partial charge in [0, 0.05) is 19.2 Å². The minimum absolute atomic E-state index is 0.112. The average molecular weight is 258 g/mol. The molecule has 0 atom stereocenters. The van der Waals surface area contributed by atoms with Gasteiger partial charge in [0.15, 0.2) is 5.16 Å². The fourth-order valence-electron chi connectivity index (χ4n) is 1.25. The first-order chi connectivity index (χ1) is 8.15. The van der Waals surface area contributed by atoms with Gasteiger partial charge in [0.1, 0.15) is 0 Å². The molecule has 1 heterocycles. The molecule has 8 heteroatoms. The normalized spacial score (nSPS) is 10.5. The highest BCUT2D eigenvalue weighted by Crippen LogP contribution is 2.18. The molecule has 0 bridgehead atoms. The summed E-state index contributed by atoms with van der Waals surface area (Å²) in [7, 11) is 1.84. The smallest absolute Gasteiger partial charge is 0.233 e. The van der Waals surface area contributed by atoms with E-state index in [1.807, 2.05) is 7.05 Å². The van der Waals surface area contributed by atoms with Crippen LogP contribution in [0.25, 0.3) is 0 Å². The third-order valence-corrected chi connectivity index (χ3v) is 3.42. The van der Waals surface area contributed by atoms with Crippen LogP contribution in [-0.4, -0.2) is 26.4 Å². The molecule has 5 N–H and O–H groups in total. The summed E-state index contributed by atoms with van der Waals surface area (Å²) in [4.78, 5) is 10.8. The van der Waals surface area contributed by atoms with Crippen molar-refractivity contribution < 1.29 is 4.79 Å². The largest absolute Gasteiger partial charge is 0.368 e. The summed E-state index contributed by atoms with van der Waals surface area (Å²) in [6.07, 6.45) is 3.35. The van der Waals surface area contributed by atoms with Crippen LogP contribution in [-0.2, 0) is 11.8 Å². The Hall–Kier alpha value is -1.28. The van der Waals surface area contributed by atoms with E-state index in [0.717, 1.165) is 30.2 Å².